The van der Waals surface area contributed by atoms with Crippen LogP contribution in [0.3, 0.4) is 0 Å². The minimum atomic E-state index is -3.47. The molecule has 2 amide bonds. The Hall–Kier alpha value is -1.60. The standard InChI is InChI=1S/C18H29N3O3S/c1-3-4-6-9-16(2)19-18(22)20-12-14-21(15-13-20)25(23,24)17-10-7-5-8-11-17/h5,7-8,10-11,16H,3-4,6,9,12-15H2,1-2H3,(H,19,22). The largest absolute Gasteiger partial charge is 0.336 e. The highest BCUT2D eigenvalue weighted by Crippen LogP contribution is 2.17. The fourth-order valence-corrected chi connectivity index (χ4v) is 4.39. The molecule has 1 atom stereocenters. The van der Waals surface area contributed by atoms with Gasteiger partial charge in [0, 0.05) is 32.2 Å². The number of unbranched alkanes of at least 4 members (excludes halogenated alkanes) is 2. The summed E-state index contributed by atoms with van der Waals surface area (Å²) in [5.41, 5.74) is 0. The van der Waals surface area contributed by atoms with E-state index >= 15 is 0 Å². The zero-order valence-corrected chi connectivity index (χ0v) is 16.0. The Morgan fingerprint density at radius 2 is 1.76 bits per heavy atom. The number of nitrogens with zero attached hydrogens (tertiary/aromatic N) is 2. The van der Waals surface area contributed by atoms with E-state index in [-0.39, 0.29) is 12.1 Å². The lowest BCUT2D eigenvalue weighted by Gasteiger charge is -2.34. The molecule has 1 aromatic carbocycles. The second-order valence-electron chi connectivity index (χ2n) is 6.55. The van der Waals surface area contributed by atoms with Crippen molar-refractivity contribution in [2.24, 2.45) is 0 Å². The number of hydrogen-bond donors (Lipinski definition) is 1. The molecule has 0 radical (unpaired) electrons. The van der Waals surface area contributed by atoms with E-state index in [1.54, 1.807) is 35.2 Å². The van der Waals surface area contributed by atoms with Crippen LogP contribution in [0.1, 0.15) is 39.5 Å². The van der Waals surface area contributed by atoms with E-state index < -0.39 is 10.0 Å². The summed E-state index contributed by atoms with van der Waals surface area (Å²) in [5, 5.41) is 3.01. The van der Waals surface area contributed by atoms with E-state index in [0.29, 0.717) is 31.1 Å². The van der Waals surface area contributed by atoms with Gasteiger partial charge in [-0.3, -0.25) is 0 Å². The molecule has 0 spiro atoms. The highest BCUT2D eigenvalue weighted by Gasteiger charge is 2.30. The Morgan fingerprint density at radius 3 is 2.36 bits per heavy atom. The Balaban J connectivity index is 1.84. The van der Waals surface area contributed by atoms with Crippen LogP contribution < -0.4 is 5.32 Å². The molecule has 1 saturated heterocycles. The van der Waals surface area contributed by atoms with E-state index in [9.17, 15) is 13.2 Å². The molecule has 1 unspecified atom stereocenters. The Morgan fingerprint density at radius 1 is 1.12 bits per heavy atom. The van der Waals surface area contributed by atoms with Gasteiger partial charge >= 0.3 is 6.03 Å². The number of carbonyl (C=O) groups excluding carboxylic acids is 1. The molecular weight excluding hydrogens is 338 g/mol. The molecule has 0 aliphatic carbocycles. The third-order valence-electron chi connectivity index (χ3n) is 4.52. The Bertz CT molecular complexity index is 641. The SMILES string of the molecule is CCCCCC(C)NC(=O)N1CCN(S(=O)(=O)c2ccccc2)CC1. The summed E-state index contributed by atoms with van der Waals surface area (Å²) in [6, 6.07) is 8.49. The molecule has 2 rings (SSSR count). The molecule has 1 heterocycles. The van der Waals surface area contributed by atoms with E-state index in [1.807, 2.05) is 6.92 Å². The van der Waals surface area contributed by atoms with Crippen LogP contribution in [-0.2, 0) is 10.0 Å². The molecule has 1 aliphatic heterocycles. The maximum atomic E-state index is 12.6. The zero-order valence-electron chi connectivity index (χ0n) is 15.1. The van der Waals surface area contributed by atoms with Gasteiger partial charge in [-0.25, -0.2) is 13.2 Å². The third-order valence-corrected chi connectivity index (χ3v) is 6.43. The van der Waals surface area contributed by atoms with Gasteiger partial charge < -0.3 is 10.2 Å². The minimum absolute atomic E-state index is 0.0965. The Labute approximate surface area is 151 Å². The summed E-state index contributed by atoms with van der Waals surface area (Å²) in [4.78, 5) is 14.3. The Kier molecular flexibility index (Phi) is 7.25. The predicted octanol–water partition coefficient (Wildman–Crippen LogP) is 2.67. The average Bonchev–Trinajstić information content (AvgIpc) is 2.62. The second-order valence-corrected chi connectivity index (χ2v) is 8.49. The number of sulfonamides is 1. The predicted molar refractivity (Wildman–Crippen MR) is 98.9 cm³/mol. The van der Waals surface area contributed by atoms with Crippen molar-refractivity contribution in [3.63, 3.8) is 0 Å². The van der Waals surface area contributed by atoms with Gasteiger partial charge in [-0.15, -0.1) is 0 Å². The van der Waals surface area contributed by atoms with Gasteiger partial charge in [0.2, 0.25) is 10.0 Å². The highest BCUT2D eigenvalue weighted by atomic mass is 32.2. The molecular formula is C18H29N3O3S. The lowest BCUT2D eigenvalue weighted by molar-refractivity contribution is 0.169. The molecule has 0 bridgehead atoms. The van der Waals surface area contributed by atoms with Crippen LogP contribution in [0.2, 0.25) is 0 Å². The van der Waals surface area contributed by atoms with Gasteiger partial charge in [0.1, 0.15) is 0 Å². The van der Waals surface area contributed by atoms with E-state index in [1.165, 1.54) is 17.1 Å². The summed E-state index contributed by atoms with van der Waals surface area (Å²) in [7, 11) is -3.47. The van der Waals surface area contributed by atoms with Crippen molar-refractivity contribution in [1.29, 1.82) is 0 Å². The van der Waals surface area contributed by atoms with Crippen molar-refractivity contribution in [3.05, 3.63) is 30.3 Å². The fourth-order valence-electron chi connectivity index (χ4n) is 2.95. The normalized spacial score (nSPS) is 17.3. The molecule has 0 aromatic heterocycles. The van der Waals surface area contributed by atoms with E-state index in [2.05, 4.69) is 12.2 Å². The van der Waals surface area contributed by atoms with Crippen molar-refractivity contribution in [3.8, 4) is 0 Å². The smallest absolute Gasteiger partial charge is 0.317 e. The highest BCUT2D eigenvalue weighted by molar-refractivity contribution is 7.89. The van der Waals surface area contributed by atoms with Crippen LogP contribution in [0.25, 0.3) is 0 Å². The second kappa shape index (κ2) is 9.20. The van der Waals surface area contributed by atoms with Crippen molar-refractivity contribution < 1.29 is 13.2 Å². The van der Waals surface area contributed by atoms with Gasteiger partial charge in [-0.2, -0.15) is 4.31 Å². The zero-order chi connectivity index (χ0) is 18.3. The van der Waals surface area contributed by atoms with Crippen LogP contribution in [0.15, 0.2) is 35.2 Å². The number of hydrogen-bond acceptors (Lipinski definition) is 3. The quantitative estimate of drug-likeness (QED) is 0.753. The summed E-state index contributed by atoms with van der Waals surface area (Å²) >= 11 is 0. The molecule has 0 saturated carbocycles. The lowest BCUT2D eigenvalue weighted by atomic mass is 10.1. The number of rotatable bonds is 7. The number of carbonyl (C=O) groups is 1. The lowest BCUT2D eigenvalue weighted by Crippen LogP contribution is -2.54. The average molecular weight is 368 g/mol. The first-order valence-corrected chi connectivity index (χ1v) is 10.5. The van der Waals surface area contributed by atoms with Crippen molar-refractivity contribution >= 4 is 16.1 Å². The summed E-state index contributed by atoms with van der Waals surface area (Å²) in [6.45, 7) is 5.67. The molecule has 140 valence electrons. The van der Waals surface area contributed by atoms with Gasteiger partial charge in [0.15, 0.2) is 0 Å². The first kappa shape index (κ1) is 19.7. The van der Waals surface area contributed by atoms with Crippen LogP contribution in [0, 0.1) is 0 Å². The number of benzene rings is 1. The van der Waals surface area contributed by atoms with E-state index in [0.717, 1.165) is 12.8 Å². The molecule has 1 aliphatic rings. The topological polar surface area (TPSA) is 69.7 Å². The molecule has 6 nitrogen and oxygen atoms in total. The minimum Gasteiger partial charge on any atom is -0.336 e. The molecule has 7 heteroatoms. The van der Waals surface area contributed by atoms with E-state index in [4.69, 9.17) is 0 Å². The molecule has 1 aromatic rings. The maximum absolute atomic E-state index is 12.6. The molecule has 1 N–H and O–H groups in total. The van der Waals surface area contributed by atoms with Gasteiger partial charge in [-0.1, -0.05) is 44.4 Å². The number of urea groups is 1. The number of amides is 2. The van der Waals surface area contributed by atoms with Gasteiger partial charge in [0.25, 0.3) is 0 Å². The summed E-state index contributed by atoms with van der Waals surface area (Å²) in [6.07, 6.45) is 4.43. The fraction of sp³-hybridized carbons (Fsp3) is 0.611. The summed E-state index contributed by atoms with van der Waals surface area (Å²) < 4.78 is 26.6. The molecule has 1 fully saturated rings. The van der Waals surface area contributed by atoms with Crippen LogP contribution >= 0.6 is 0 Å². The van der Waals surface area contributed by atoms with Gasteiger partial charge in [-0.05, 0) is 25.5 Å². The third kappa shape index (κ3) is 5.44. The molecule has 25 heavy (non-hydrogen) atoms. The van der Waals surface area contributed by atoms with Crippen LogP contribution in [0.4, 0.5) is 4.79 Å². The monoisotopic (exact) mass is 367 g/mol. The van der Waals surface area contributed by atoms with Crippen LogP contribution in [0.5, 0.6) is 0 Å². The number of nitrogens with one attached hydrogen (secondary N) is 1. The van der Waals surface area contributed by atoms with Crippen molar-refractivity contribution in [1.82, 2.24) is 14.5 Å². The first-order chi connectivity index (χ1) is 11.9. The van der Waals surface area contributed by atoms with Crippen molar-refractivity contribution in [2.75, 3.05) is 26.2 Å². The van der Waals surface area contributed by atoms with Crippen LogP contribution in [-0.4, -0.2) is 55.9 Å². The number of piperazine rings is 1. The van der Waals surface area contributed by atoms with Crippen molar-refractivity contribution in [2.45, 2.75) is 50.5 Å². The maximum Gasteiger partial charge on any atom is 0.317 e. The van der Waals surface area contributed by atoms with Gasteiger partial charge in [0.05, 0.1) is 4.90 Å². The summed E-state index contributed by atoms with van der Waals surface area (Å²) in [5.74, 6) is 0. The first-order valence-electron chi connectivity index (χ1n) is 9.05.